The van der Waals surface area contributed by atoms with E-state index in [9.17, 15) is 4.79 Å². The maximum atomic E-state index is 13.1. The second-order valence-electron chi connectivity index (χ2n) is 11.1. The predicted octanol–water partition coefficient (Wildman–Crippen LogP) is 9.66. The lowest BCUT2D eigenvalue weighted by Crippen LogP contribution is -2.29. The summed E-state index contributed by atoms with van der Waals surface area (Å²) >= 11 is 3.60. The van der Waals surface area contributed by atoms with Crippen molar-refractivity contribution in [3.05, 3.63) is 33.9 Å². The molecule has 0 bridgehead atoms. The summed E-state index contributed by atoms with van der Waals surface area (Å²) in [6.07, 6.45) is 19.1. The van der Waals surface area contributed by atoms with E-state index >= 15 is 0 Å². The van der Waals surface area contributed by atoms with Gasteiger partial charge in [-0.1, -0.05) is 114 Å². The van der Waals surface area contributed by atoms with Crippen LogP contribution in [0.15, 0.2) is 22.7 Å². The minimum atomic E-state index is -0.0214. The number of fused-ring (bicyclic) bond motifs is 2. The number of rotatable bonds is 15. The summed E-state index contributed by atoms with van der Waals surface area (Å²) in [5, 5.41) is 4.71. The molecule has 2 aromatic rings. The molecule has 4 heteroatoms. The number of carbonyl (C=O) groups is 1. The number of carbonyl (C=O) groups excluding carboxylic acids is 1. The number of aromatic nitrogens is 1. The normalized spacial score (nSPS) is 15.0. The van der Waals surface area contributed by atoms with Crippen LogP contribution in [0, 0.1) is 5.41 Å². The SMILES string of the molecule is CCCCCCCCCCCCCCCNc1c2c(nc3ccc(Br)cc13)CC(C)(C)CC2=O. The molecule has 0 fully saturated rings. The molecule has 1 aliphatic rings. The minimum absolute atomic E-state index is 0.0214. The first-order chi connectivity index (χ1) is 16.4. The Kier molecular flexibility index (Phi) is 10.9. The Morgan fingerprint density at radius 3 is 2.09 bits per heavy atom. The van der Waals surface area contributed by atoms with E-state index in [1.54, 1.807) is 0 Å². The van der Waals surface area contributed by atoms with Gasteiger partial charge >= 0.3 is 0 Å². The van der Waals surface area contributed by atoms with Gasteiger partial charge in [0.2, 0.25) is 0 Å². The molecule has 0 amide bonds. The third-order valence-electron chi connectivity index (χ3n) is 7.17. The zero-order chi connectivity index (χ0) is 24.4. The molecule has 0 aliphatic heterocycles. The number of hydrogen-bond donors (Lipinski definition) is 1. The van der Waals surface area contributed by atoms with Gasteiger partial charge in [0.05, 0.1) is 22.5 Å². The molecule has 0 radical (unpaired) electrons. The number of halogens is 1. The summed E-state index contributed by atoms with van der Waals surface area (Å²) in [5.74, 6) is 0.230. The molecule has 3 nitrogen and oxygen atoms in total. The van der Waals surface area contributed by atoms with Gasteiger partial charge in [0.15, 0.2) is 5.78 Å². The summed E-state index contributed by atoms with van der Waals surface area (Å²) in [5.41, 5.74) is 3.75. The molecule has 3 rings (SSSR count). The van der Waals surface area contributed by atoms with Crippen LogP contribution < -0.4 is 5.32 Å². The zero-order valence-corrected chi connectivity index (χ0v) is 23.4. The second-order valence-corrected chi connectivity index (χ2v) is 12.0. The molecule has 1 heterocycles. The van der Waals surface area contributed by atoms with Crippen LogP contribution in [0.25, 0.3) is 10.9 Å². The Hall–Kier alpha value is -1.42. The third kappa shape index (κ3) is 8.07. The molecule has 0 saturated carbocycles. The Bertz CT molecular complexity index is 937. The number of Topliss-reactive ketones (excluding diaryl/α,β-unsaturated/α-hetero) is 1. The maximum Gasteiger partial charge on any atom is 0.167 e. The number of benzene rings is 1. The van der Waals surface area contributed by atoms with E-state index in [4.69, 9.17) is 4.98 Å². The highest BCUT2D eigenvalue weighted by atomic mass is 79.9. The van der Waals surface area contributed by atoms with Crippen LogP contribution in [0.5, 0.6) is 0 Å². The van der Waals surface area contributed by atoms with Crippen LogP contribution in [0.4, 0.5) is 5.69 Å². The molecule has 1 aromatic carbocycles. The van der Waals surface area contributed by atoms with Crippen molar-refractivity contribution >= 4 is 38.3 Å². The van der Waals surface area contributed by atoms with Gasteiger partial charge in [-0.2, -0.15) is 0 Å². The number of ketones is 1. The minimum Gasteiger partial charge on any atom is -0.384 e. The van der Waals surface area contributed by atoms with Gasteiger partial charge < -0.3 is 5.32 Å². The highest BCUT2D eigenvalue weighted by Gasteiger charge is 2.34. The molecule has 188 valence electrons. The Balaban J connectivity index is 1.44. The summed E-state index contributed by atoms with van der Waals surface area (Å²) in [6.45, 7) is 7.53. The highest BCUT2D eigenvalue weighted by molar-refractivity contribution is 9.10. The van der Waals surface area contributed by atoms with Gasteiger partial charge in [-0.05, 0) is 36.5 Å². The molecule has 1 N–H and O–H groups in total. The molecule has 0 unspecified atom stereocenters. The van der Waals surface area contributed by atoms with Crippen LogP contribution in [0.3, 0.4) is 0 Å². The van der Waals surface area contributed by atoms with Gasteiger partial charge in [-0.3, -0.25) is 9.78 Å². The van der Waals surface area contributed by atoms with Crippen molar-refractivity contribution in [1.29, 1.82) is 0 Å². The number of unbranched alkanes of at least 4 members (excludes halogenated alkanes) is 12. The molecule has 1 aromatic heterocycles. The van der Waals surface area contributed by atoms with Crippen LogP contribution >= 0.6 is 15.9 Å². The first-order valence-electron chi connectivity index (χ1n) is 13.8. The smallest absolute Gasteiger partial charge is 0.167 e. The van der Waals surface area contributed by atoms with E-state index in [1.165, 1.54) is 77.0 Å². The van der Waals surface area contributed by atoms with Gasteiger partial charge in [-0.15, -0.1) is 0 Å². The van der Waals surface area contributed by atoms with Gasteiger partial charge in [0.25, 0.3) is 0 Å². The molecule has 1 aliphatic carbocycles. The highest BCUT2D eigenvalue weighted by Crippen LogP contribution is 2.40. The van der Waals surface area contributed by atoms with E-state index in [2.05, 4.69) is 54.2 Å². The summed E-state index contributed by atoms with van der Waals surface area (Å²) in [7, 11) is 0. The molecular formula is C30H45BrN2O. The van der Waals surface area contributed by atoms with Crippen LogP contribution in [-0.4, -0.2) is 17.3 Å². The number of pyridine rings is 1. The topological polar surface area (TPSA) is 42.0 Å². The van der Waals surface area contributed by atoms with Gasteiger partial charge in [0.1, 0.15) is 0 Å². The molecule has 34 heavy (non-hydrogen) atoms. The summed E-state index contributed by atoms with van der Waals surface area (Å²) in [4.78, 5) is 18.0. The number of nitrogens with one attached hydrogen (secondary N) is 1. The van der Waals surface area contributed by atoms with Crippen LogP contribution in [-0.2, 0) is 6.42 Å². The van der Waals surface area contributed by atoms with Crippen molar-refractivity contribution in [3.8, 4) is 0 Å². The lowest BCUT2D eigenvalue weighted by Gasteiger charge is -2.31. The van der Waals surface area contributed by atoms with E-state index in [-0.39, 0.29) is 11.2 Å². The Morgan fingerprint density at radius 2 is 1.47 bits per heavy atom. The average molecular weight is 530 g/mol. The van der Waals surface area contributed by atoms with Gasteiger partial charge in [0, 0.05) is 22.8 Å². The van der Waals surface area contributed by atoms with Crippen molar-refractivity contribution < 1.29 is 4.79 Å². The fourth-order valence-electron chi connectivity index (χ4n) is 5.29. The van der Waals surface area contributed by atoms with Crippen molar-refractivity contribution in [2.24, 2.45) is 5.41 Å². The lowest BCUT2D eigenvalue weighted by atomic mass is 9.75. The van der Waals surface area contributed by atoms with Crippen molar-refractivity contribution in [2.45, 2.75) is 117 Å². The Labute approximate surface area is 216 Å². The molecule has 0 spiro atoms. The summed E-state index contributed by atoms with van der Waals surface area (Å²) < 4.78 is 1.02. The van der Waals surface area contributed by atoms with E-state index in [1.807, 2.05) is 6.07 Å². The second kappa shape index (κ2) is 13.6. The number of anilines is 1. The van der Waals surface area contributed by atoms with E-state index in [0.717, 1.165) is 51.7 Å². The Morgan fingerprint density at radius 1 is 0.882 bits per heavy atom. The maximum absolute atomic E-state index is 13.1. The number of hydrogen-bond acceptors (Lipinski definition) is 3. The zero-order valence-electron chi connectivity index (χ0n) is 21.8. The van der Waals surface area contributed by atoms with Crippen LogP contribution in [0.2, 0.25) is 0 Å². The first kappa shape index (κ1) is 27.2. The molecule has 0 saturated heterocycles. The first-order valence-corrected chi connectivity index (χ1v) is 14.6. The van der Waals surface area contributed by atoms with Crippen LogP contribution in [0.1, 0.15) is 127 Å². The van der Waals surface area contributed by atoms with E-state index < -0.39 is 0 Å². The van der Waals surface area contributed by atoms with Crippen molar-refractivity contribution in [1.82, 2.24) is 4.98 Å². The molecular weight excluding hydrogens is 484 g/mol. The standard InChI is InChI=1S/C30H45BrN2O/c1-4-5-6-7-8-9-10-11-12-13-14-15-16-19-32-29-24-20-23(31)17-18-25(24)33-26-21-30(2,3)22-27(34)28(26)29/h17-18,20H,4-16,19,21-22H2,1-3H3,(H,32,33). The van der Waals surface area contributed by atoms with Gasteiger partial charge in [-0.25, -0.2) is 0 Å². The largest absolute Gasteiger partial charge is 0.384 e. The molecule has 0 atom stereocenters. The third-order valence-corrected chi connectivity index (χ3v) is 7.66. The monoisotopic (exact) mass is 528 g/mol. The average Bonchev–Trinajstić information content (AvgIpc) is 2.78. The summed E-state index contributed by atoms with van der Waals surface area (Å²) in [6, 6.07) is 6.19. The van der Waals surface area contributed by atoms with Crippen molar-refractivity contribution in [3.63, 3.8) is 0 Å². The fourth-order valence-corrected chi connectivity index (χ4v) is 5.65. The van der Waals surface area contributed by atoms with Crippen molar-refractivity contribution in [2.75, 3.05) is 11.9 Å². The fraction of sp³-hybridized carbons (Fsp3) is 0.667. The van der Waals surface area contributed by atoms with E-state index in [0.29, 0.717) is 6.42 Å². The quantitative estimate of drug-likeness (QED) is 0.234. The lowest BCUT2D eigenvalue weighted by molar-refractivity contribution is 0.0911. The number of nitrogens with zero attached hydrogens (tertiary/aromatic N) is 1. The predicted molar refractivity (Wildman–Crippen MR) is 150 cm³/mol.